The van der Waals surface area contributed by atoms with Gasteiger partial charge < -0.3 is 30.0 Å². The van der Waals surface area contributed by atoms with Crippen LogP contribution in [0.4, 0.5) is 0 Å². The van der Waals surface area contributed by atoms with Gasteiger partial charge in [0.2, 0.25) is 0 Å². The Hall–Kier alpha value is -2.29. The second-order valence-corrected chi connectivity index (χ2v) is 6.03. The summed E-state index contributed by atoms with van der Waals surface area (Å²) in [6.45, 7) is -0.518. The van der Waals surface area contributed by atoms with E-state index < -0.39 is 37.3 Å². The van der Waals surface area contributed by atoms with Crippen molar-refractivity contribution in [2.75, 3.05) is 6.61 Å². The van der Waals surface area contributed by atoms with Gasteiger partial charge in [0.15, 0.2) is 0 Å². The van der Waals surface area contributed by atoms with Crippen molar-refractivity contribution in [2.24, 2.45) is 5.16 Å². The van der Waals surface area contributed by atoms with E-state index in [2.05, 4.69) is 5.16 Å². The minimum atomic E-state index is -1.49. The first kappa shape index (κ1) is 18.5. The van der Waals surface area contributed by atoms with Gasteiger partial charge in [-0.3, -0.25) is 0 Å². The zero-order valence-corrected chi connectivity index (χ0v) is 13.9. The SMILES string of the molecule is OCC1O[C@@H](O/N=C/c2ccc(-c3ccccc3)cc2)C(O)[C@@H](O)C1O. The third-order valence-corrected chi connectivity index (χ3v) is 4.23. The fourth-order valence-corrected chi connectivity index (χ4v) is 2.70. The number of ether oxygens (including phenoxy) is 1. The number of hydrogen-bond acceptors (Lipinski definition) is 7. The summed E-state index contributed by atoms with van der Waals surface area (Å²) < 4.78 is 5.20. The molecule has 0 radical (unpaired) electrons. The van der Waals surface area contributed by atoms with E-state index in [0.29, 0.717) is 0 Å². The number of aliphatic hydroxyl groups is 4. The Morgan fingerprint density at radius 1 is 0.885 bits per heavy atom. The smallest absolute Gasteiger partial charge is 0.256 e. The normalized spacial score (nSPS) is 29.0. The largest absolute Gasteiger partial charge is 0.394 e. The van der Waals surface area contributed by atoms with Gasteiger partial charge in [0.05, 0.1) is 12.8 Å². The highest BCUT2D eigenvalue weighted by atomic mass is 16.8. The molecule has 7 heteroatoms. The summed E-state index contributed by atoms with van der Waals surface area (Å²) in [6, 6.07) is 17.6. The van der Waals surface area contributed by atoms with Crippen LogP contribution in [0.1, 0.15) is 5.56 Å². The maximum atomic E-state index is 9.87. The molecule has 0 bridgehead atoms. The first-order chi connectivity index (χ1) is 12.6. The van der Waals surface area contributed by atoms with Crippen LogP contribution in [0.15, 0.2) is 59.8 Å². The second kappa shape index (κ2) is 8.39. The summed E-state index contributed by atoms with van der Waals surface area (Å²) in [6.07, 6.45) is -5.28. The lowest BCUT2D eigenvalue weighted by Gasteiger charge is -2.38. The Morgan fingerprint density at radius 3 is 2.19 bits per heavy atom. The highest BCUT2D eigenvalue weighted by Crippen LogP contribution is 2.22. The van der Waals surface area contributed by atoms with E-state index in [0.717, 1.165) is 16.7 Å². The lowest BCUT2D eigenvalue weighted by Crippen LogP contribution is -2.58. The average Bonchev–Trinajstić information content (AvgIpc) is 2.69. The van der Waals surface area contributed by atoms with Gasteiger partial charge in [0.25, 0.3) is 6.29 Å². The summed E-state index contributed by atoms with van der Waals surface area (Å²) in [4.78, 5) is 5.08. The monoisotopic (exact) mass is 359 g/mol. The molecule has 0 spiro atoms. The van der Waals surface area contributed by atoms with E-state index in [1.807, 2.05) is 54.6 Å². The summed E-state index contributed by atoms with van der Waals surface area (Å²) in [5.41, 5.74) is 2.94. The Kier molecular flexibility index (Phi) is 5.97. The lowest BCUT2D eigenvalue weighted by molar-refractivity contribution is -0.301. The maximum Gasteiger partial charge on any atom is 0.256 e. The Balaban J connectivity index is 1.61. The van der Waals surface area contributed by atoms with Gasteiger partial charge >= 0.3 is 0 Å². The predicted molar refractivity (Wildman–Crippen MR) is 94.3 cm³/mol. The van der Waals surface area contributed by atoms with Crippen LogP contribution < -0.4 is 0 Å². The van der Waals surface area contributed by atoms with E-state index in [4.69, 9.17) is 14.7 Å². The van der Waals surface area contributed by atoms with Crippen molar-refractivity contribution in [3.8, 4) is 11.1 Å². The minimum Gasteiger partial charge on any atom is -0.394 e. The molecule has 7 nitrogen and oxygen atoms in total. The molecule has 3 rings (SSSR count). The number of aliphatic hydroxyl groups excluding tert-OH is 4. The molecule has 0 amide bonds. The lowest BCUT2D eigenvalue weighted by atomic mass is 9.99. The molecule has 26 heavy (non-hydrogen) atoms. The molecule has 0 saturated carbocycles. The zero-order valence-electron chi connectivity index (χ0n) is 13.9. The quantitative estimate of drug-likeness (QED) is 0.457. The van der Waals surface area contributed by atoms with E-state index in [-0.39, 0.29) is 0 Å². The number of benzene rings is 2. The molecule has 5 atom stereocenters. The Bertz CT molecular complexity index is 719. The molecular weight excluding hydrogens is 338 g/mol. The van der Waals surface area contributed by atoms with Crippen LogP contribution in [-0.4, -0.2) is 64.0 Å². The van der Waals surface area contributed by atoms with Gasteiger partial charge in [-0.1, -0.05) is 59.8 Å². The highest BCUT2D eigenvalue weighted by Gasteiger charge is 2.44. The van der Waals surface area contributed by atoms with Crippen LogP contribution in [-0.2, 0) is 9.57 Å². The van der Waals surface area contributed by atoms with Crippen molar-refractivity contribution >= 4 is 6.21 Å². The highest BCUT2D eigenvalue weighted by molar-refractivity contribution is 5.80. The number of nitrogens with zero attached hydrogens (tertiary/aromatic N) is 1. The van der Waals surface area contributed by atoms with Crippen molar-refractivity contribution < 1.29 is 30.0 Å². The molecule has 1 heterocycles. The number of rotatable bonds is 5. The van der Waals surface area contributed by atoms with E-state index in [9.17, 15) is 15.3 Å². The van der Waals surface area contributed by atoms with E-state index >= 15 is 0 Å². The maximum absolute atomic E-state index is 9.87. The molecule has 138 valence electrons. The van der Waals surface area contributed by atoms with Crippen LogP contribution in [0.3, 0.4) is 0 Å². The topological polar surface area (TPSA) is 112 Å². The molecule has 1 aliphatic heterocycles. The molecule has 1 saturated heterocycles. The van der Waals surface area contributed by atoms with Gasteiger partial charge in [0.1, 0.15) is 24.4 Å². The average molecular weight is 359 g/mol. The van der Waals surface area contributed by atoms with Gasteiger partial charge in [0, 0.05) is 0 Å². The fourth-order valence-electron chi connectivity index (χ4n) is 2.70. The standard InChI is InChI=1S/C19H21NO6/c21-11-15-16(22)17(23)18(24)19(25-15)26-20-10-12-6-8-14(9-7-12)13-4-2-1-3-5-13/h1-10,15-19,21-24H,11H2/b20-10+/t15?,16?,17-,18?,19-/m0/s1. The molecule has 0 aromatic heterocycles. The first-order valence-electron chi connectivity index (χ1n) is 8.25. The fraction of sp³-hybridized carbons (Fsp3) is 0.316. The predicted octanol–water partition coefficient (Wildman–Crippen LogP) is 0.504. The summed E-state index contributed by atoms with van der Waals surface area (Å²) in [7, 11) is 0. The van der Waals surface area contributed by atoms with Crippen molar-refractivity contribution in [1.29, 1.82) is 0 Å². The van der Waals surface area contributed by atoms with E-state index in [1.165, 1.54) is 6.21 Å². The van der Waals surface area contributed by atoms with Crippen LogP contribution in [0, 0.1) is 0 Å². The summed E-state index contributed by atoms with van der Waals surface area (Å²) in [5, 5.41) is 42.2. The number of oxime groups is 1. The molecule has 4 N–H and O–H groups in total. The molecule has 1 fully saturated rings. The van der Waals surface area contributed by atoms with Crippen molar-refractivity contribution in [1.82, 2.24) is 0 Å². The summed E-state index contributed by atoms with van der Waals surface area (Å²) >= 11 is 0. The van der Waals surface area contributed by atoms with Gasteiger partial charge in [-0.25, -0.2) is 0 Å². The van der Waals surface area contributed by atoms with Crippen LogP contribution in [0.2, 0.25) is 0 Å². The number of hydrogen-bond donors (Lipinski definition) is 4. The first-order valence-corrected chi connectivity index (χ1v) is 8.25. The Morgan fingerprint density at radius 2 is 1.54 bits per heavy atom. The van der Waals surface area contributed by atoms with Crippen LogP contribution in [0.5, 0.6) is 0 Å². The van der Waals surface area contributed by atoms with Gasteiger partial charge in [-0.05, 0) is 16.7 Å². The zero-order chi connectivity index (χ0) is 18.5. The van der Waals surface area contributed by atoms with E-state index in [1.54, 1.807) is 0 Å². The molecular formula is C19H21NO6. The molecule has 2 aromatic rings. The van der Waals surface area contributed by atoms with Gasteiger partial charge in [-0.15, -0.1) is 0 Å². The van der Waals surface area contributed by atoms with Crippen LogP contribution >= 0.6 is 0 Å². The second-order valence-electron chi connectivity index (χ2n) is 6.03. The van der Waals surface area contributed by atoms with Crippen molar-refractivity contribution in [2.45, 2.75) is 30.7 Å². The molecule has 1 aliphatic rings. The van der Waals surface area contributed by atoms with Gasteiger partial charge in [-0.2, -0.15) is 0 Å². The molecule has 2 aromatic carbocycles. The van der Waals surface area contributed by atoms with Crippen LogP contribution in [0.25, 0.3) is 11.1 Å². The van der Waals surface area contributed by atoms with Crippen molar-refractivity contribution in [3.63, 3.8) is 0 Å². The minimum absolute atomic E-state index is 0.518. The molecule has 0 aliphatic carbocycles. The molecule has 3 unspecified atom stereocenters. The third-order valence-electron chi connectivity index (χ3n) is 4.23. The Labute approximate surface area is 150 Å². The third kappa shape index (κ3) is 4.09. The summed E-state index contributed by atoms with van der Waals surface area (Å²) in [5.74, 6) is 0. The van der Waals surface area contributed by atoms with Crippen molar-refractivity contribution in [3.05, 3.63) is 60.2 Å².